The molecule has 0 saturated carbocycles. The number of hydrogen-bond donors (Lipinski definition) is 1. The van der Waals surface area contributed by atoms with Crippen LogP contribution in [0.5, 0.6) is 0 Å². The smallest absolute Gasteiger partial charge is 0.126 e. The van der Waals surface area contributed by atoms with Crippen LogP contribution in [0.25, 0.3) is 10.4 Å². The third kappa shape index (κ3) is 3.47. The molecule has 1 unspecified atom stereocenters. The molecule has 0 bridgehead atoms. The third-order valence-electron chi connectivity index (χ3n) is 3.46. The molecular formula is C17H22FNS. The van der Waals surface area contributed by atoms with Gasteiger partial charge in [-0.3, -0.25) is 0 Å². The third-order valence-corrected chi connectivity index (χ3v) is 4.71. The second kappa shape index (κ2) is 7.00. The lowest BCUT2D eigenvalue weighted by atomic mass is 10.1. The minimum atomic E-state index is -0.137. The van der Waals surface area contributed by atoms with Crippen LogP contribution in [0.1, 0.15) is 43.2 Å². The Balaban J connectivity index is 2.20. The Bertz CT molecular complexity index is 562. The minimum Gasteiger partial charge on any atom is -0.309 e. The minimum absolute atomic E-state index is 0.137. The highest BCUT2D eigenvalue weighted by atomic mass is 32.1. The van der Waals surface area contributed by atoms with Crippen LogP contribution in [0.15, 0.2) is 30.3 Å². The zero-order valence-corrected chi connectivity index (χ0v) is 13.2. The molecule has 0 aliphatic carbocycles. The highest BCUT2D eigenvalue weighted by Crippen LogP contribution is 2.33. The van der Waals surface area contributed by atoms with Gasteiger partial charge in [-0.2, -0.15) is 0 Å². The molecule has 1 aromatic carbocycles. The first-order chi connectivity index (χ1) is 9.65. The molecule has 0 amide bonds. The van der Waals surface area contributed by atoms with Crippen molar-refractivity contribution in [3.63, 3.8) is 0 Å². The SMILES string of the molecule is CCCNC(CC)c1ccc(-c2ccc(F)c(C)c2)s1. The largest absolute Gasteiger partial charge is 0.309 e. The van der Waals surface area contributed by atoms with Gasteiger partial charge in [-0.15, -0.1) is 11.3 Å². The molecular weight excluding hydrogens is 269 g/mol. The van der Waals surface area contributed by atoms with E-state index in [1.165, 1.54) is 9.75 Å². The Morgan fingerprint density at radius 2 is 2.00 bits per heavy atom. The topological polar surface area (TPSA) is 12.0 Å². The number of nitrogens with one attached hydrogen (secondary N) is 1. The Morgan fingerprint density at radius 1 is 1.20 bits per heavy atom. The molecule has 0 fully saturated rings. The van der Waals surface area contributed by atoms with Crippen LogP contribution in [0.3, 0.4) is 0 Å². The van der Waals surface area contributed by atoms with E-state index in [1.54, 1.807) is 17.4 Å². The van der Waals surface area contributed by atoms with E-state index < -0.39 is 0 Å². The summed E-state index contributed by atoms with van der Waals surface area (Å²) in [7, 11) is 0. The van der Waals surface area contributed by atoms with Crippen LogP contribution in [0.2, 0.25) is 0 Å². The van der Waals surface area contributed by atoms with Gasteiger partial charge in [-0.05, 0) is 61.7 Å². The molecule has 20 heavy (non-hydrogen) atoms. The predicted molar refractivity (Wildman–Crippen MR) is 85.8 cm³/mol. The first-order valence-corrected chi connectivity index (χ1v) is 8.07. The summed E-state index contributed by atoms with van der Waals surface area (Å²) >= 11 is 1.80. The van der Waals surface area contributed by atoms with Gasteiger partial charge in [0.05, 0.1) is 0 Å². The lowest BCUT2D eigenvalue weighted by molar-refractivity contribution is 0.525. The van der Waals surface area contributed by atoms with Gasteiger partial charge < -0.3 is 5.32 Å². The van der Waals surface area contributed by atoms with Crippen LogP contribution in [0.4, 0.5) is 4.39 Å². The molecule has 0 spiro atoms. The zero-order valence-electron chi connectivity index (χ0n) is 12.4. The van der Waals surface area contributed by atoms with Crippen molar-refractivity contribution in [1.29, 1.82) is 0 Å². The average molecular weight is 291 g/mol. The number of benzene rings is 1. The van der Waals surface area contributed by atoms with Crippen molar-refractivity contribution in [1.82, 2.24) is 5.32 Å². The van der Waals surface area contributed by atoms with Crippen molar-refractivity contribution in [2.24, 2.45) is 0 Å². The predicted octanol–water partition coefficient (Wildman–Crippen LogP) is 5.31. The fourth-order valence-electron chi connectivity index (χ4n) is 2.26. The van der Waals surface area contributed by atoms with Crippen molar-refractivity contribution in [2.75, 3.05) is 6.54 Å². The Kier molecular flexibility index (Phi) is 5.32. The van der Waals surface area contributed by atoms with Crippen molar-refractivity contribution in [3.8, 4) is 10.4 Å². The Labute approximate surface area is 124 Å². The summed E-state index contributed by atoms with van der Waals surface area (Å²) in [4.78, 5) is 2.57. The number of aryl methyl sites for hydroxylation is 1. The lowest BCUT2D eigenvalue weighted by Gasteiger charge is -2.14. The summed E-state index contributed by atoms with van der Waals surface area (Å²) in [5, 5.41) is 3.57. The van der Waals surface area contributed by atoms with Crippen LogP contribution in [-0.2, 0) is 0 Å². The normalized spacial score (nSPS) is 12.6. The van der Waals surface area contributed by atoms with Gasteiger partial charge in [0.15, 0.2) is 0 Å². The van der Waals surface area contributed by atoms with Gasteiger partial charge in [0, 0.05) is 15.8 Å². The van der Waals surface area contributed by atoms with Crippen LogP contribution in [-0.4, -0.2) is 6.54 Å². The Hall–Kier alpha value is -1.19. The van der Waals surface area contributed by atoms with E-state index in [0.29, 0.717) is 11.6 Å². The number of rotatable bonds is 6. The lowest BCUT2D eigenvalue weighted by Crippen LogP contribution is -2.20. The van der Waals surface area contributed by atoms with Crippen molar-refractivity contribution >= 4 is 11.3 Å². The second-order valence-corrected chi connectivity index (χ2v) is 6.20. The van der Waals surface area contributed by atoms with E-state index in [2.05, 4.69) is 31.3 Å². The van der Waals surface area contributed by atoms with Crippen LogP contribution < -0.4 is 5.32 Å². The number of hydrogen-bond acceptors (Lipinski definition) is 2. The van der Waals surface area contributed by atoms with Crippen LogP contribution in [0, 0.1) is 12.7 Å². The standard InChI is InChI=1S/C17H22FNS/c1-4-10-19-15(5-2)17-9-8-16(20-17)13-6-7-14(18)12(3)11-13/h6-9,11,15,19H,4-5,10H2,1-3H3. The second-order valence-electron chi connectivity index (χ2n) is 5.08. The molecule has 2 rings (SSSR count). The van der Waals surface area contributed by atoms with Gasteiger partial charge >= 0.3 is 0 Å². The molecule has 0 radical (unpaired) electrons. The summed E-state index contributed by atoms with van der Waals surface area (Å²) < 4.78 is 13.3. The number of thiophene rings is 1. The molecule has 0 saturated heterocycles. The molecule has 1 aromatic heterocycles. The molecule has 1 nitrogen and oxygen atoms in total. The fraction of sp³-hybridized carbons (Fsp3) is 0.412. The van der Waals surface area contributed by atoms with Gasteiger partial charge in [0.2, 0.25) is 0 Å². The van der Waals surface area contributed by atoms with Crippen molar-refractivity contribution in [3.05, 3.63) is 46.6 Å². The van der Waals surface area contributed by atoms with E-state index in [4.69, 9.17) is 0 Å². The maximum absolute atomic E-state index is 13.3. The molecule has 0 aliphatic heterocycles. The molecule has 1 heterocycles. The van der Waals surface area contributed by atoms with Crippen molar-refractivity contribution < 1.29 is 4.39 Å². The van der Waals surface area contributed by atoms with Gasteiger partial charge in [-0.25, -0.2) is 4.39 Å². The maximum atomic E-state index is 13.3. The van der Waals surface area contributed by atoms with E-state index in [-0.39, 0.29) is 5.82 Å². The molecule has 0 aliphatic rings. The first-order valence-electron chi connectivity index (χ1n) is 7.25. The van der Waals surface area contributed by atoms with E-state index in [9.17, 15) is 4.39 Å². The molecule has 2 aromatic rings. The fourth-order valence-corrected chi connectivity index (χ4v) is 3.42. The first kappa shape index (κ1) is 15.2. The summed E-state index contributed by atoms with van der Waals surface area (Å²) in [5.41, 5.74) is 1.80. The van der Waals surface area contributed by atoms with Gasteiger partial charge in [0.25, 0.3) is 0 Å². The maximum Gasteiger partial charge on any atom is 0.126 e. The van der Waals surface area contributed by atoms with E-state index in [0.717, 1.165) is 24.9 Å². The Morgan fingerprint density at radius 3 is 2.65 bits per heavy atom. The van der Waals surface area contributed by atoms with Gasteiger partial charge in [0.1, 0.15) is 5.82 Å². The van der Waals surface area contributed by atoms with E-state index in [1.807, 2.05) is 19.1 Å². The monoisotopic (exact) mass is 291 g/mol. The molecule has 1 N–H and O–H groups in total. The number of halogens is 1. The molecule has 108 valence electrons. The average Bonchev–Trinajstić information content (AvgIpc) is 2.92. The highest BCUT2D eigenvalue weighted by molar-refractivity contribution is 7.15. The summed E-state index contributed by atoms with van der Waals surface area (Å²) in [6, 6.07) is 10.1. The summed E-state index contributed by atoms with van der Waals surface area (Å²) in [6.45, 7) is 7.24. The summed E-state index contributed by atoms with van der Waals surface area (Å²) in [5.74, 6) is -0.137. The molecule has 1 atom stereocenters. The van der Waals surface area contributed by atoms with Crippen LogP contribution >= 0.6 is 11.3 Å². The molecule has 3 heteroatoms. The summed E-state index contributed by atoms with van der Waals surface area (Å²) in [6.07, 6.45) is 2.23. The van der Waals surface area contributed by atoms with Crippen molar-refractivity contribution in [2.45, 2.75) is 39.7 Å². The zero-order chi connectivity index (χ0) is 14.5. The van der Waals surface area contributed by atoms with E-state index >= 15 is 0 Å². The van der Waals surface area contributed by atoms with Gasteiger partial charge in [-0.1, -0.05) is 19.9 Å². The quantitative estimate of drug-likeness (QED) is 0.760. The highest BCUT2D eigenvalue weighted by Gasteiger charge is 2.12.